The number of furan rings is 1. The molecule has 2 aromatic rings. The third-order valence-corrected chi connectivity index (χ3v) is 3.16. The minimum absolute atomic E-state index is 0.189. The minimum Gasteiger partial charge on any atom is -0.464 e. The molecule has 0 aliphatic heterocycles. The van der Waals surface area contributed by atoms with Crippen LogP contribution in [0, 0.1) is 6.92 Å². The number of hydrogen-bond donors (Lipinski definition) is 2. The zero-order valence-corrected chi connectivity index (χ0v) is 12.3. The molecular formula is C14H16ClN3O2. The van der Waals surface area contributed by atoms with E-state index in [-0.39, 0.29) is 17.6 Å². The highest BCUT2D eigenvalue weighted by Crippen LogP contribution is 2.19. The molecule has 106 valence electrons. The number of aromatic nitrogens is 1. The van der Waals surface area contributed by atoms with Crippen molar-refractivity contribution in [3.63, 3.8) is 0 Å². The number of rotatable bonds is 4. The van der Waals surface area contributed by atoms with Crippen molar-refractivity contribution in [2.75, 3.05) is 12.4 Å². The number of anilines is 1. The molecule has 0 radical (unpaired) electrons. The van der Waals surface area contributed by atoms with E-state index in [9.17, 15) is 4.79 Å². The Hall–Kier alpha value is -2.01. The molecule has 1 atom stereocenters. The van der Waals surface area contributed by atoms with Gasteiger partial charge in [-0.2, -0.15) is 0 Å². The molecule has 5 nitrogen and oxygen atoms in total. The number of aryl methyl sites for hydroxylation is 1. The van der Waals surface area contributed by atoms with Gasteiger partial charge in [0.25, 0.3) is 5.91 Å². The Bertz CT molecular complexity index is 625. The normalized spacial score (nSPS) is 12.0. The summed E-state index contributed by atoms with van der Waals surface area (Å²) in [5.74, 6) is 1.74. The second-order valence-electron chi connectivity index (χ2n) is 4.42. The van der Waals surface area contributed by atoms with Gasteiger partial charge < -0.3 is 15.1 Å². The zero-order valence-electron chi connectivity index (χ0n) is 11.5. The van der Waals surface area contributed by atoms with Gasteiger partial charge in [0.05, 0.1) is 11.1 Å². The molecule has 2 aromatic heterocycles. The zero-order chi connectivity index (χ0) is 14.7. The first-order valence-electron chi connectivity index (χ1n) is 6.22. The van der Waals surface area contributed by atoms with Crippen molar-refractivity contribution in [2.45, 2.75) is 19.9 Å². The van der Waals surface area contributed by atoms with Gasteiger partial charge >= 0.3 is 0 Å². The fourth-order valence-electron chi connectivity index (χ4n) is 1.76. The van der Waals surface area contributed by atoms with Crippen LogP contribution in [0.4, 0.5) is 5.82 Å². The first kappa shape index (κ1) is 14.4. The van der Waals surface area contributed by atoms with Crippen LogP contribution >= 0.6 is 11.6 Å². The third kappa shape index (κ3) is 3.11. The number of carbonyl (C=O) groups is 1. The summed E-state index contributed by atoms with van der Waals surface area (Å²) in [5.41, 5.74) is 0.189. The lowest BCUT2D eigenvalue weighted by Gasteiger charge is -2.12. The third-order valence-electron chi connectivity index (χ3n) is 2.85. The van der Waals surface area contributed by atoms with Crippen LogP contribution in [0.25, 0.3) is 0 Å². The summed E-state index contributed by atoms with van der Waals surface area (Å²) in [5, 5.41) is 5.99. The molecule has 20 heavy (non-hydrogen) atoms. The number of pyridine rings is 1. The van der Waals surface area contributed by atoms with Gasteiger partial charge in [0.15, 0.2) is 0 Å². The lowest BCUT2D eigenvalue weighted by atomic mass is 10.2. The standard InChI is InChI=1S/C14H16ClN3O2/c1-8-4-6-11(20-8)9(2)17-14(19)13-10(15)5-7-12(16-3)18-13/h4-7,9H,1-3H3,(H,16,18)(H,17,19). The number of carbonyl (C=O) groups excluding carboxylic acids is 1. The SMILES string of the molecule is CNc1ccc(Cl)c(C(=O)NC(C)c2ccc(C)o2)n1. The topological polar surface area (TPSA) is 67.2 Å². The molecule has 2 heterocycles. The Balaban J connectivity index is 2.15. The molecule has 0 fully saturated rings. The summed E-state index contributed by atoms with van der Waals surface area (Å²) in [6, 6.07) is 6.77. The van der Waals surface area contributed by atoms with Gasteiger partial charge in [0.2, 0.25) is 0 Å². The molecule has 2 N–H and O–H groups in total. The monoisotopic (exact) mass is 293 g/mol. The van der Waals surface area contributed by atoms with E-state index in [0.29, 0.717) is 16.6 Å². The number of halogens is 1. The van der Waals surface area contributed by atoms with Crippen molar-refractivity contribution in [3.8, 4) is 0 Å². The van der Waals surface area contributed by atoms with Crippen LogP contribution in [0.1, 0.15) is 35.0 Å². The maximum Gasteiger partial charge on any atom is 0.272 e. The van der Waals surface area contributed by atoms with E-state index in [1.807, 2.05) is 26.0 Å². The second-order valence-corrected chi connectivity index (χ2v) is 4.83. The summed E-state index contributed by atoms with van der Waals surface area (Å²) in [7, 11) is 1.73. The summed E-state index contributed by atoms with van der Waals surface area (Å²) in [4.78, 5) is 16.4. The molecule has 1 amide bonds. The molecule has 0 spiro atoms. The van der Waals surface area contributed by atoms with Crippen LogP contribution in [0.2, 0.25) is 5.02 Å². The minimum atomic E-state index is -0.339. The molecule has 0 saturated heterocycles. The predicted molar refractivity (Wildman–Crippen MR) is 78.1 cm³/mol. The van der Waals surface area contributed by atoms with E-state index in [0.717, 1.165) is 5.76 Å². The quantitative estimate of drug-likeness (QED) is 0.908. The van der Waals surface area contributed by atoms with Crippen molar-refractivity contribution < 1.29 is 9.21 Å². The van der Waals surface area contributed by atoms with Gasteiger partial charge in [-0.1, -0.05) is 11.6 Å². The highest BCUT2D eigenvalue weighted by molar-refractivity contribution is 6.33. The lowest BCUT2D eigenvalue weighted by Crippen LogP contribution is -2.27. The van der Waals surface area contributed by atoms with Crippen LogP contribution < -0.4 is 10.6 Å². The van der Waals surface area contributed by atoms with Gasteiger partial charge in [-0.15, -0.1) is 0 Å². The number of nitrogens with zero attached hydrogens (tertiary/aromatic N) is 1. The lowest BCUT2D eigenvalue weighted by molar-refractivity contribution is 0.0930. The van der Waals surface area contributed by atoms with Crippen molar-refractivity contribution in [2.24, 2.45) is 0 Å². The van der Waals surface area contributed by atoms with E-state index in [2.05, 4.69) is 15.6 Å². The Morgan fingerprint density at radius 3 is 2.70 bits per heavy atom. The van der Waals surface area contributed by atoms with Crippen LogP contribution in [0.15, 0.2) is 28.7 Å². The number of amides is 1. The fourth-order valence-corrected chi connectivity index (χ4v) is 1.95. The molecule has 6 heteroatoms. The largest absolute Gasteiger partial charge is 0.464 e. The van der Waals surface area contributed by atoms with Crippen molar-refractivity contribution in [3.05, 3.63) is 46.5 Å². The van der Waals surface area contributed by atoms with E-state index < -0.39 is 0 Å². The average Bonchev–Trinajstić information content (AvgIpc) is 2.86. The smallest absolute Gasteiger partial charge is 0.272 e. The molecule has 0 aliphatic rings. The Morgan fingerprint density at radius 2 is 2.10 bits per heavy atom. The highest BCUT2D eigenvalue weighted by atomic mass is 35.5. The molecule has 1 unspecified atom stereocenters. The van der Waals surface area contributed by atoms with E-state index in [1.165, 1.54) is 0 Å². The molecule has 0 aliphatic carbocycles. The van der Waals surface area contributed by atoms with Crippen LogP contribution in [-0.4, -0.2) is 17.9 Å². The fraction of sp³-hybridized carbons (Fsp3) is 0.286. The van der Waals surface area contributed by atoms with Crippen molar-refractivity contribution >= 4 is 23.3 Å². The molecule has 0 bridgehead atoms. The van der Waals surface area contributed by atoms with Crippen LogP contribution in [0.3, 0.4) is 0 Å². The Morgan fingerprint density at radius 1 is 1.35 bits per heavy atom. The van der Waals surface area contributed by atoms with Gasteiger partial charge in [0.1, 0.15) is 23.0 Å². The van der Waals surface area contributed by atoms with E-state index in [1.54, 1.807) is 19.2 Å². The Labute approximate surface area is 122 Å². The van der Waals surface area contributed by atoms with E-state index >= 15 is 0 Å². The van der Waals surface area contributed by atoms with E-state index in [4.69, 9.17) is 16.0 Å². The number of nitrogens with one attached hydrogen (secondary N) is 2. The van der Waals surface area contributed by atoms with Gasteiger partial charge in [-0.25, -0.2) is 4.98 Å². The highest BCUT2D eigenvalue weighted by Gasteiger charge is 2.18. The molecular weight excluding hydrogens is 278 g/mol. The summed E-state index contributed by atoms with van der Waals surface area (Å²) in [6.07, 6.45) is 0. The molecule has 0 saturated carbocycles. The summed E-state index contributed by atoms with van der Waals surface area (Å²) < 4.78 is 5.48. The maximum atomic E-state index is 12.2. The van der Waals surface area contributed by atoms with Gasteiger partial charge in [-0.05, 0) is 38.1 Å². The predicted octanol–water partition coefficient (Wildman–Crippen LogP) is 3.17. The summed E-state index contributed by atoms with van der Waals surface area (Å²) in [6.45, 7) is 3.69. The molecule has 2 rings (SSSR count). The van der Waals surface area contributed by atoms with Crippen molar-refractivity contribution in [1.82, 2.24) is 10.3 Å². The number of hydrogen-bond acceptors (Lipinski definition) is 4. The Kier molecular flexibility index (Phi) is 4.29. The van der Waals surface area contributed by atoms with Crippen LogP contribution in [-0.2, 0) is 0 Å². The first-order valence-corrected chi connectivity index (χ1v) is 6.60. The summed E-state index contributed by atoms with van der Waals surface area (Å²) >= 11 is 6.01. The maximum absolute atomic E-state index is 12.2. The van der Waals surface area contributed by atoms with Crippen LogP contribution in [0.5, 0.6) is 0 Å². The van der Waals surface area contributed by atoms with Gasteiger partial charge in [-0.3, -0.25) is 4.79 Å². The molecule has 0 aromatic carbocycles. The second kappa shape index (κ2) is 5.96. The first-order chi connectivity index (χ1) is 9.51. The van der Waals surface area contributed by atoms with Gasteiger partial charge in [0, 0.05) is 7.05 Å². The van der Waals surface area contributed by atoms with Crippen molar-refractivity contribution in [1.29, 1.82) is 0 Å². The average molecular weight is 294 g/mol.